The minimum atomic E-state index is -4.53. The molecule has 0 saturated carbocycles. The van der Waals surface area contributed by atoms with Crippen LogP contribution in [0.3, 0.4) is 0 Å². The average Bonchev–Trinajstić information content (AvgIpc) is 3.06. The molecule has 128 valence electrons. The van der Waals surface area contributed by atoms with Gasteiger partial charge in [0.25, 0.3) is 5.91 Å². The number of rotatable bonds is 3. The topological polar surface area (TPSA) is 52.2 Å². The third kappa shape index (κ3) is 3.76. The average molecular weight is 338 g/mol. The highest BCUT2D eigenvalue weighted by Crippen LogP contribution is 2.28. The minimum Gasteiger partial charge on any atom is -0.335 e. The van der Waals surface area contributed by atoms with Gasteiger partial charge in [0, 0.05) is 38.8 Å². The van der Waals surface area contributed by atoms with Crippen LogP contribution in [0.1, 0.15) is 21.7 Å². The molecule has 1 fully saturated rings. The van der Waals surface area contributed by atoms with Crippen molar-refractivity contribution in [3.8, 4) is 0 Å². The molecule has 1 saturated heterocycles. The van der Waals surface area contributed by atoms with Crippen LogP contribution in [0.4, 0.5) is 13.2 Å². The molecule has 1 aromatic heterocycles. The van der Waals surface area contributed by atoms with E-state index in [1.54, 1.807) is 0 Å². The predicted octanol–water partition coefficient (Wildman–Crippen LogP) is 2.39. The van der Waals surface area contributed by atoms with E-state index >= 15 is 0 Å². The van der Waals surface area contributed by atoms with Crippen molar-refractivity contribution < 1.29 is 18.0 Å². The van der Waals surface area contributed by atoms with Crippen LogP contribution in [0.15, 0.2) is 36.4 Å². The lowest BCUT2D eigenvalue weighted by molar-refractivity contribution is -0.141. The lowest BCUT2D eigenvalue weighted by atomic mass is 10.2. The van der Waals surface area contributed by atoms with Crippen LogP contribution < -0.4 is 0 Å². The Morgan fingerprint density at radius 3 is 2.38 bits per heavy atom. The molecule has 0 aliphatic carbocycles. The summed E-state index contributed by atoms with van der Waals surface area (Å²) in [5.74, 6) is -0.471. The quantitative estimate of drug-likeness (QED) is 0.935. The zero-order chi connectivity index (χ0) is 17.2. The number of H-pyrrole nitrogens is 1. The van der Waals surface area contributed by atoms with Gasteiger partial charge in [0.2, 0.25) is 0 Å². The molecule has 1 amide bonds. The van der Waals surface area contributed by atoms with Crippen LogP contribution in [0.5, 0.6) is 0 Å². The Balaban J connectivity index is 1.56. The monoisotopic (exact) mass is 338 g/mol. The number of hydrogen-bond acceptors (Lipinski definition) is 3. The number of nitrogens with zero attached hydrogens (tertiary/aromatic N) is 3. The summed E-state index contributed by atoms with van der Waals surface area (Å²) in [5.41, 5.74) is -0.00760. The number of piperazine rings is 1. The van der Waals surface area contributed by atoms with Crippen LogP contribution >= 0.6 is 0 Å². The molecular weight excluding hydrogens is 321 g/mol. The maximum absolute atomic E-state index is 12.6. The lowest BCUT2D eigenvalue weighted by Crippen LogP contribution is -2.48. The van der Waals surface area contributed by atoms with Crippen LogP contribution in [-0.4, -0.2) is 52.1 Å². The van der Waals surface area contributed by atoms with Gasteiger partial charge in [-0.1, -0.05) is 30.3 Å². The molecule has 1 aliphatic heterocycles. The van der Waals surface area contributed by atoms with Crippen molar-refractivity contribution in [3.05, 3.63) is 53.3 Å². The number of carbonyl (C=O) groups excluding carboxylic acids is 1. The Kier molecular flexibility index (Phi) is 4.57. The first kappa shape index (κ1) is 16.5. The van der Waals surface area contributed by atoms with Crippen molar-refractivity contribution in [3.63, 3.8) is 0 Å². The number of benzene rings is 1. The molecule has 0 spiro atoms. The number of alkyl halides is 3. The van der Waals surface area contributed by atoms with Gasteiger partial charge in [-0.05, 0) is 5.56 Å². The summed E-state index contributed by atoms with van der Waals surface area (Å²) in [6, 6.07) is 10.8. The van der Waals surface area contributed by atoms with Gasteiger partial charge in [-0.2, -0.15) is 18.3 Å². The van der Waals surface area contributed by atoms with E-state index in [1.807, 2.05) is 35.4 Å². The Morgan fingerprint density at radius 2 is 1.79 bits per heavy atom. The summed E-state index contributed by atoms with van der Waals surface area (Å²) in [5, 5.41) is 5.37. The molecular formula is C16H17F3N4O. The van der Waals surface area contributed by atoms with Crippen molar-refractivity contribution in [1.29, 1.82) is 0 Å². The SMILES string of the molecule is O=C(c1cc(C(F)(F)F)[nH]n1)N1CCN(Cc2ccccc2)CC1. The third-order valence-electron chi connectivity index (χ3n) is 4.01. The van der Waals surface area contributed by atoms with Crippen LogP contribution in [0.25, 0.3) is 0 Å². The van der Waals surface area contributed by atoms with E-state index in [-0.39, 0.29) is 5.69 Å². The van der Waals surface area contributed by atoms with Crippen molar-refractivity contribution in [1.82, 2.24) is 20.0 Å². The smallest absolute Gasteiger partial charge is 0.335 e. The maximum Gasteiger partial charge on any atom is 0.432 e. The maximum atomic E-state index is 12.6. The molecule has 8 heteroatoms. The largest absolute Gasteiger partial charge is 0.432 e. The summed E-state index contributed by atoms with van der Waals surface area (Å²) in [7, 11) is 0. The van der Waals surface area contributed by atoms with E-state index in [4.69, 9.17) is 0 Å². The molecule has 0 unspecified atom stereocenters. The number of nitrogens with one attached hydrogen (secondary N) is 1. The second-order valence-electron chi connectivity index (χ2n) is 5.72. The van der Waals surface area contributed by atoms with Gasteiger partial charge in [-0.3, -0.25) is 14.8 Å². The Morgan fingerprint density at radius 1 is 1.12 bits per heavy atom. The van der Waals surface area contributed by atoms with Gasteiger partial charge in [-0.15, -0.1) is 0 Å². The first-order valence-corrected chi connectivity index (χ1v) is 7.61. The van der Waals surface area contributed by atoms with Crippen molar-refractivity contribution in [2.45, 2.75) is 12.7 Å². The molecule has 0 radical (unpaired) electrons. The normalized spacial score (nSPS) is 16.4. The van der Waals surface area contributed by atoms with Crippen molar-refractivity contribution in [2.75, 3.05) is 26.2 Å². The highest BCUT2D eigenvalue weighted by atomic mass is 19.4. The van der Waals surface area contributed by atoms with Gasteiger partial charge in [-0.25, -0.2) is 0 Å². The van der Waals surface area contributed by atoms with E-state index in [0.29, 0.717) is 26.2 Å². The van der Waals surface area contributed by atoms with Crippen LogP contribution in [0, 0.1) is 0 Å². The van der Waals surface area contributed by atoms with Gasteiger partial charge in [0.1, 0.15) is 5.69 Å². The molecule has 1 aliphatic rings. The zero-order valence-electron chi connectivity index (χ0n) is 12.9. The second-order valence-corrected chi connectivity index (χ2v) is 5.72. The number of aromatic nitrogens is 2. The standard InChI is InChI=1S/C16H17F3N4O/c17-16(18,19)14-10-13(20-21-14)15(24)23-8-6-22(7-9-23)11-12-4-2-1-3-5-12/h1-5,10H,6-9,11H2,(H,20,21). The number of hydrogen-bond donors (Lipinski definition) is 1. The highest BCUT2D eigenvalue weighted by Gasteiger charge is 2.34. The van der Waals surface area contributed by atoms with Crippen molar-refractivity contribution in [2.24, 2.45) is 0 Å². The van der Waals surface area contributed by atoms with Gasteiger partial charge in [0.05, 0.1) is 0 Å². The van der Waals surface area contributed by atoms with E-state index in [2.05, 4.69) is 10.00 Å². The highest BCUT2D eigenvalue weighted by molar-refractivity contribution is 5.92. The number of halogens is 3. The summed E-state index contributed by atoms with van der Waals surface area (Å²) in [6.45, 7) is 3.09. The molecule has 3 rings (SSSR count). The molecule has 2 heterocycles. The fraction of sp³-hybridized carbons (Fsp3) is 0.375. The molecule has 24 heavy (non-hydrogen) atoms. The van der Waals surface area contributed by atoms with Gasteiger partial charge in [0.15, 0.2) is 5.69 Å². The predicted molar refractivity (Wildman–Crippen MR) is 81.2 cm³/mol. The fourth-order valence-corrected chi connectivity index (χ4v) is 2.69. The zero-order valence-corrected chi connectivity index (χ0v) is 12.9. The van der Waals surface area contributed by atoms with Crippen LogP contribution in [-0.2, 0) is 12.7 Å². The molecule has 1 aromatic carbocycles. The van der Waals surface area contributed by atoms with E-state index in [9.17, 15) is 18.0 Å². The summed E-state index contributed by atoms with van der Waals surface area (Å²) in [4.78, 5) is 16.0. The molecule has 2 aromatic rings. The Hall–Kier alpha value is -2.35. The summed E-state index contributed by atoms with van der Waals surface area (Å²) in [6.07, 6.45) is -4.53. The molecule has 1 N–H and O–H groups in total. The third-order valence-corrected chi connectivity index (χ3v) is 4.01. The van der Waals surface area contributed by atoms with E-state index in [0.717, 1.165) is 12.6 Å². The second kappa shape index (κ2) is 6.64. The summed E-state index contributed by atoms with van der Waals surface area (Å²) < 4.78 is 37.7. The first-order chi connectivity index (χ1) is 11.4. The number of aromatic amines is 1. The Labute approximate surface area is 137 Å². The van der Waals surface area contributed by atoms with Crippen molar-refractivity contribution >= 4 is 5.91 Å². The summed E-state index contributed by atoms with van der Waals surface area (Å²) >= 11 is 0. The molecule has 0 bridgehead atoms. The van der Waals surface area contributed by atoms with Crippen LogP contribution in [0.2, 0.25) is 0 Å². The van der Waals surface area contributed by atoms with E-state index < -0.39 is 17.8 Å². The lowest BCUT2D eigenvalue weighted by Gasteiger charge is -2.34. The number of carbonyl (C=O) groups is 1. The number of amides is 1. The molecule has 0 atom stereocenters. The fourth-order valence-electron chi connectivity index (χ4n) is 2.69. The van der Waals surface area contributed by atoms with Gasteiger partial charge < -0.3 is 4.90 Å². The first-order valence-electron chi connectivity index (χ1n) is 7.61. The Bertz CT molecular complexity index is 691. The molecule has 5 nitrogen and oxygen atoms in total. The van der Waals surface area contributed by atoms with E-state index in [1.165, 1.54) is 10.5 Å². The van der Waals surface area contributed by atoms with Gasteiger partial charge >= 0.3 is 6.18 Å². The minimum absolute atomic E-state index is 0.196.